The van der Waals surface area contributed by atoms with Gasteiger partial charge in [-0.05, 0) is 64.0 Å². The van der Waals surface area contributed by atoms with Crippen LogP contribution in [0, 0.1) is 0 Å². The van der Waals surface area contributed by atoms with E-state index in [2.05, 4.69) is 15.9 Å². The summed E-state index contributed by atoms with van der Waals surface area (Å²) < 4.78 is 27.7. The van der Waals surface area contributed by atoms with Gasteiger partial charge >= 0.3 is 5.97 Å². The topological polar surface area (TPSA) is 88.1 Å². The lowest BCUT2D eigenvalue weighted by atomic mass is 10.2. The molecule has 0 aliphatic rings. The second-order valence-electron chi connectivity index (χ2n) is 6.56. The number of halogens is 1. The van der Waals surface area contributed by atoms with Crippen molar-refractivity contribution in [1.29, 1.82) is 0 Å². The van der Waals surface area contributed by atoms with Crippen molar-refractivity contribution in [1.82, 2.24) is 0 Å². The number of carbonyl (C=O) groups is 1. The average Bonchev–Trinajstić information content (AvgIpc) is 3.25. The normalized spacial score (nSPS) is 11.1. The zero-order chi connectivity index (χ0) is 22.7. The fraction of sp³-hybridized carbons (Fsp3) is 0.0833. The number of hydrogen-bond acceptors (Lipinski definition) is 7. The molecule has 4 rings (SSSR count). The summed E-state index contributed by atoms with van der Waals surface area (Å²) in [6.45, 7) is 0. The standard InChI is InChI=1S/C24H17BrO7/c1-28-17-9-7-14(13-19(17)29-2)8-12-21(26)32-24-22(27)15-5-3-4-6-16(15)31-23(24)18-10-11-20(25)30-18/h3-13H,1-2H3. The summed E-state index contributed by atoms with van der Waals surface area (Å²) in [6.07, 6.45) is 2.74. The number of fused-ring (bicyclic) bond motifs is 1. The van der Waals surface area contributed by atoms with Crippen LogP contribution in [0.4, 0.5) is 0 Å². The number of hydrogen-bond donors (Lipinski definition) is 0. The van der Waals surface area contributed by atoms with Crippen molar-refractivity contribution in [3.8, 4) is 28.8 Å². The van der Waals surface area contributed by atoms with Gasteiger partial charge in [0.2, 0.25) is 16.9 Å². The summed E-state index contributed by atoms with van der Waals surface area (Å²) in [5.41, 5.74) is 0.545. The summed E-state index contributed by atoms with van der Waals surface area (Å²) in [4.78, 5) is 25.6. The first-order chi connectivity index (χ1) is 15.5. The van der Waals surface area contributed by atoms with Crippen molar-refractivity contribution < 1.29 is 27.8 Å². The van der Waals surface area contributed by atoms with Gasteiger partial charge in [0.05, 0.1) is 19.6 Å². The molecule has 0 fully saturated rings. The zero-order valence-corrected chi connectivity index (χ0v) is 18.7. The minimum absolute atomic E-state index is 0.0206. The van der Waals surface area contributed by atoms with E-state index in [-0.39, 0.29) is 22.7 Å². The molecule has 0 aliphatic heterocycles. The monoisotopic (exact) mass is 496 g/mol. The minimum atomic E-state index is -0.755. The number of para-hydroxylation sites is 1. The maximum atomic E-state index is 13.0. The first kappa shape index (κ1) is 21.5. The highest BCUT2D eigenvalue weighted by molar-refractivity contribution is 9.10. The van der Waals surface area contributed by atoms with E-state index in [4.69, 9.17) is 23.0 Å². The number of esters is 1. The molecule has 0 unspecified atom stereocenters. The molecule has 0 saturated carbocycles. The lowest BCUT2D eigenvalue weighted by Crippen LogP contribution is -2.14. The predicted octanol–water partition coefficient (Wildman–Crippen LogP) is 5.45. The molecule has 0 N–H and O–H groups in total. The Labute approximate surface area is 190 Å². The lowest BCUT2D eigenvalue weighted by Gasteiger charge is -2.08. The summed E-state index contributed by atoms with van der Waals surface area (Å²) in [7, 11) is 3.06. The number of benzene rings is 2. The van der Waals surface area contributed by atoms with Gasteiger partial charge in [-0.1, -0.05) is 18.2 Å². The van der Waals surface area contributed by atoms with Gasteiger partial charge < -0.3 is 23.0 Å². The second kappa shape index (κ2) is 9.15. The fourth-order valence-corrected chi connectivity index (χ4v) is 3.38. The molecule has 0 aliphatic carbocycles. The van der Waals surface area contributed by atoms with Gasteiger partial charge in [-0.25, -0.2) is 4.79 Å². The van der Waals surface area contributed by atoms with Crippen molar-refractivity contribution in [2.75, 3.05) is 14.2 Å². The van der Waals surface area contributed by atoms with Crippen LogP contribution in [0.5, 0.6) is 17.2 Å². The Kier molecular flexibility index (Phi) is 6.13. The number of rotatable bonds is 6. The van der Waals surface area contributed by atoms with E-state index in [1.54, 1.807) is 54.6 Å². The Morgan fingerprint density at radius 3 is 2.47 bits per heavy atom. The average molecular weight is 497 g/mol. The van der Waals surface area contributed by atoms with E-state index < -0.39 is 11.4 Å². The van der Waals surface area contributed by atoms with Gasteiger partial charge in [-0.2, -0.15) is 0 Å². The molecule has 8 heteroatoms. The SMILES string of the molecule is COc1ccc(C=CC(=O)Oc2c(-c3ccc(Br)o3)oc3ccccc3c2=O)cc1OC. The van der Waals surface area contributed by atoms with E-state index in [1.165, 1.54) is 26.4 Å². The van der Waals surface area contributed by atoms with Gasteiger partial charge in [0.15, 0.2) is 21.9 Å². The predicted molar refractivity (Wildman–Crippen MR) is 122 cm³/mol. The van der Waals surface area contributed by atoms with E-state index in [0.29, 0.717) is 27.3 Å². The zero-order valence-electron chi connectivity index (χ0n) is 17.1. The van der Waals surface area contributed by atoms with Crippen LogP contribution in [-0.4, -0.2) is 20.2 Å². The highest BCUT2D eigenvalue weighted by Gasteiger charge is 2.22. The van der Waals surface area contributed by atoms with Gasteiger partial charge in [-0.15, -0.1) is 0 Å². The van der Waals surface area contributed by atoms with Crippen molar-refractivity contribution in [3.63, 3.8) is 0 Å². The Morgan fingerprint density at radius 1 is 0.969 bits per heavy atom. The van der Waals surface area contributed by atoms with Crippen molar-refractivity contribution in [2.24, 2.45) is 0 Å². The van der Waals surface area contributed by atoms with E-state index in [1.807, 2.05) is 0 Å². The van der Waals surface area contributed by atoms with Crippen LogP contribution in [0.15, 0.2) is 79.0 Å². The van der Waals surface area contributed by atoms with Gasteiger partial charge in [0, 0.05) is 6.08 Å². The summed E-state index contributed by atoms with van der Waals surface area (Å²) >= 11 is 3.22. The highest BCUT2D eigenvalue weighted by Crippen LogP contribution is 2.33. The fourth-order valence-electron chi connectivity index (χ4n) is 3.07. The van der Waals surface area contributed by atoms with Crippen LogP contribution in [0.3, 0.4) is 0 Å². The van der Waals surface area contributed by atoms with E-state index in [9.17, 15) is 9.59 Å². The Morgan fingerprint density at radius 2 is 1.75 bits per heavy atom. The van der Waals surface area contributed by atoms with Crippen LogP contribution >= 0.6 is 15.9 Å². The van der Waals surface area contributed by atoms with Gasteiger partial charge in [0.25, 0.3) is 0 Å². The third-order valence-corrected chi connectivity index (χ3v) is 5.00. The summed E-state index contributed by atoms with van der Waals surface area (Å²) in [5.74, 6) is 0.333. The molecule has 32 heavy (non-hydrogen) atoms. The summed E-state index contributed by atoms with van der Waals surface area (Å²) in [5, 5.41) is 0.286. The Bertz CT molecular complexity index is 1380. The smallest absolute Gasteiger partial charge is 0.336 e. The molecule has 0 atom stereocenters. The largest absolute Gasteiger partial charge is 0.493 e. The number of ether oxygens (including phenoxy) is 3. The second-order valence-corrected chi connectivity index (χ2v) is 7.34. The van der Waals surface area contributed by atoms with Crippen molar-refractivity contribution >= 4 is 38.9 Å². The molecule has 2 aromatic carbocycles. The van der Waals surface area contributed by atoms with Crippen molar-refractivity contribution in [3.05, 3.63) is 81.1 Å². The van der Waals surface area contributed by atoms with Crippen LogP contribution in [0.1, 0.15) is 5.56 Å². The molecule has 0 saturated heterocycles. The van der Waals surface area contributed by atoms with E-state index in [0.717, 1.165) is 0 Å². The maximum absolute atomic E-state index is 13.0. The van der Waals surface area contributed by atoms with E-state index >= 15 is 0 Å². The molecule has 2 heterocycles. The molecule has 162 valence electrons. The highest BCUT2D eigenvalue weighted by atomic mass is 79.9. The van der Waals surface area contributed by atoms with Gasteiger partial charge in [-0.3, -0.25) is 4.79 Å². The Balaban J connectivity index is 1.69. The molecule has 0 amide bonds. The van der Waals surface area contributed by atoms with Crippen LogP contribution < -0.4 is 19.6 Å². The molecular weight excluding hydrogens is 480 g/mol. The third-order valence-electron chi connectivity index (χ3n) is 4.58. The third kappa shape index (κ3) is 4.31. The van der Waals surface area contributed by atoms with Gasteiger partial charge in [0.1, 0.15) is 5.58 Å². The van der Waals surface area contributed by atoms with Crippen LogP contribution in [-0.2, 0) is 4.79 Å². The molecule has 0 bridgehead atoms. The quantitative estimate of drug-likeness (QED) is 0.259. The van der Waals surface area contributed by atoms with Crippen LogP contribution in [0.2, 0.25) is 0 Å². The Hall–Kier alpha value is -3.78. The van der Waals surface area contributed by atoms with Crippen molar-refractivity contribution in [2.45, 2.75) is 0 Å². The molecule has 0 radical (unpaired) electrons. The number of carbonyl (C=O) groups excluding carboxylic acids is 1. The minimum Gasteiger partial charge on any atom is -0.493 e. The number of methoxy groups -OCH3 is 2. The summed E-state index contributed by atoms with van der Waals surface area (Å²) in [6, 6.07) is 15.1. The molecule has 4 aromatic rings. The first-order valence-corrected chi connectivity index (χ1v) is 10.2. The van der Waals surface area contributed by atoms with Crippen LogP contribution in [0.25, 0.3) is 28.6 Å². The number of furan rings is 1. The molecule has 7 nitrogen and oxygen atoms in total. The first-order valence-electron chi connectivity index (χ1n) is 9.43. The molecule has 2 aromatic heterocycles. The molecular formula is C24H17BrO7. The molecule has 0 spiro atoms. The maximum Gasteiger partial charge on any atom is 0.336 e. The lowest BCUT2D eigenvalue weighted by molar-refractivity contribution is -0.129.